The highest BCUT2D eigenvalue weighted by Crippen LogP contribution is 2.30. The number of carbonyl (C=O) groups excluding carboxylic acids is 1. The molecule has 5 heteroatoms. The topological polar surface area (TPSA) is 66.8 Å². The van der Waals surface area contributed by atoms with Crippen LogP contribution in [0.25, 0.3) is 0 Å². The van der Waals surface area contributed by atoms with Crippen LogP contribution in [0.15, 0.2) is 12.1 Å². The van der Waals surface area contributed by atoms with Gasteiger partial charge in [-0.3, -0.25) is 0 Å². The molecule has 0 saturated carbocycles. The van der Waals surface area contributed by atoms with Crippen molar-refractivity contribution in [2.75, 3.05) is 6.61 Å². The largest absolute Gasteiger partial charge is 0.507 e. The fraction of sp³-hybridized carbons (Fsp3) is 0.364. The molecule has 4 nitrogen and oxygen atoms in total. The number of halogens is 1. The van der Waals surface area contributed by atoms with Gasteiger partial charge < -0.3 is 14.9 Å². The number of esters is 1. The van der Waals surface area contributed by atoms with E-state index < -0.39 is 29.2 Å². The van der Waals surface area contributed by atoms with Gasteiger partial charge in [0.15, 0.2) is 6.10 Å². The first kappa shape index (κ1) is 12.4. The van der Waals surface area contributed by atoms with E-state index in [1.807, 2.05) is 0 Å². The Bertz CT molecular complexity index is 403. The van der Waals surface area contributed by atoms with Crippen molar-refractivity contribution in [1.82, 2.24) is 0 Å². The van der Waals surface area contributed by atoms with E-state index in [4.69, 9.17) is 0 Å². The van der Waals surface area contributed by atoms with Crippen molar-refractivity contribution in [3.8, 4) is 5.75 Å². The van der Waals surface area contributed by atoms with Crippen LogP contribution in [0.3, 0.4) is 0 Å². The van der Waals surface area contributed by atoms with Crippen LogP contribution < -0.4 is 0 Å². The molecule has 0 aliphatic carbocycles. The summed E-state index contributed by atoms with van der Waals surface area (Å²) in [7, 11) is 0. The van der Waals surface area contributed by atoms with Gasteiger partial charge in [0.1, 0.15) is 11.6 Å². The first-order valence-corrected chi connectivity index (χ1v) is 4.81. The quantitative estimate of drug-likeness (QED) is 0.768. The Kier molecular flexibility index (Phi) is 3.84. The van der Waals surface area contributed by atoms with E-state index in [1.54, 1.807) is 6.92 Å². The van der Waals surface area contributed by atoms with Gasteiger partial charge in [-0.15, -0.1) is 0 Å². The van der Waals surface area contributed by atoms with Crippen LogP contribution in [-0.4, -0.2) is 22.8 Å². The minimum absolute atomic E-state index is 0.0735. The highest BCUT2D eigenvalue weighted by atomic mass is 19.1. The summed E-state index contributed by atoms with van der Waals surface area (Å²) in [4.78, 5) is 11.2. The number of aromatic hydroxyl groups is 1. The minimum Gasteiger partial charge on any atom is -0.507 e. The highest BCUT2D eigenvalue weighted by Gasteiger charge is 2.26. The van der Waals surface area contributed by atoms with Crippen LogP contribution >= 0.6 is 0 Å². The number of hydrogen-bond donors (Lipinski definition) is 2. The predicted octanol–water partition coefficient (Wildman–Crippen LogP) is 1.44. The number of phenolic OH excluding ortho intramolecular Hbond substituents is 1. The molecule has 2 N–H and O–H groups in total. The van der Waals surface area contributed by atoms with Gasteiger partial charge in [-0.05, 0) is 25.5 Å². The number of carbonyl (C=O) groups is 1. The second-order valence-electron chi connectivity index (χ2n) is 3.28. The van der Waals surface area contributed by atoms with E-state index in [-0.39, 0.29) is 6.61 Å². The molecule has 0 aliphatic heterocycles. The monoisotopic (exact) mass is 228 g/mol. The molecule has 88 valence electrons. The Hall–Kier alpha value is -1.62. The van der Waals surface area contributed by atoms with Gasteiger partial charge in [-0.1, -0.05) is 6.07 Å². The van der Waals surface area contributed by atoms with Crippen molar-refractivity contribution in [3.63, 3.8) is 0 Å². The molecule has 0 aliphatic rings. The predicted molar refractivity (Wildman–Crippen MR) is 54.4 cm³/mol. The maximum absolute atomic E-state index is 13.4. The van der Waals surface area contributed by atoms with Crippen molar-refractivity contribution in [1.29, 1.82) is 0 Å². The van der Waals surface area contributed by atoms with Crippen LogP contribution in [0.4, 0.5) is 4.39 Å². The van der Waals surface area contributed by atoms with E-state index >= 15 is 0 Å². The lowest BCUT2D eigenvalue weighted by atomic mass is 10.0. The minimum atomic E-state index is -1.81. The number of aliphatic hydroxyl groups excluding tert-OH is 1. The lowest BCUT2D eigenvalue weighted by molar-refractivity contribution is -0.153. The highest BCUT2D eigenvalue weighted by molar-refractivity contribution is 5.77. The van der Waals surface area contributed by atoms with Gasteiger partial charge in [-0.2, -0.15) is 0 Å². The normalized spacial score (nSPS) is 12.2. The first-order valence-electron chi connectivity index (χ1n) is 4.81. The van der Waals surface area contributed by atoms with Crippen molar-refractivity contribution in [3.05, 3.63) is 29.1 Å². The lowest BCUT2D eigenvalue weighted by Gasteiger charge is -2.13. The molecule has 16 heavy (non-hydrogen) atoms. The Morgan fingerprint density at radius 1 is 1.56 bits per heavy atom. The van der Waals surface area contributed by atoms with Crippen molar-refractivity contribution in [2.45, 2.75) is 20.0 Å². The average Bonchev–Trinajstić information content (AvgIpc) is 2.24. The van der Waals surface area contributed by atoms with Crippen LogP contribution in [-0.2, 0) is 9.53 Å². The summed E-state index contributed by atoms with van der Waals surface area (Å²) in [5, 5.41) is 19.1. The van der Waals surface area contributed by atoms with Gasteiger partial charge >= 0.3 is 5.97 Å². The second kappa shape index (κ2) is 4.94. The molecule has 1 aromatic rings. The van der Waals surface area contributed by atoms with Gasteiger partial charge in [0, 0.05) is 0 Å². The summed E-state index contributed by atoms with van der Waals surface area (Å²) in [6.07, 6.45) is -1.81. The number of aryl methyl sites for hydroxylation is 1. The number of rotatable bonds is 3. The fourth-order valence-corrected chi connectivity index (χ4v) is 1.29. The third-order valence-corrected chi connectivity index (χ3v) is 2.15. The Balaban J connectivity index is 3.12. The van der Waals surface area contributed by atoms with Crippen molar-refractivity contribution in [2.24, 2.45) is 0 Å². The fourth-order valence-electron chi connectivity index (χ4n) is 1.29. The van der Waals surface area contributed by atoms with Crippen LogP contribution in [0, 0.1) is 12.7 Å². The van der Waals surface area contributed by atoms with E-state index in [1.165, 1.54) is 13.0 Å². The summed E-state index contributed by atoms with van der Waals surface area (Å²) in [5.41, 5.74) is -0.0711. The lowest BCUT2D eigenvalue weighted by Crippen LogP contribution is -2.17. The molecule has 1 atom stereocenters. The van der Waals surface area contributed by atoms with Crippen molar-refractivity contribution < 1.29 is 24.1 Å². The zero-order chi connectivity index (χ0) is 12.3. The van der Waals surface area contributed by atoms with Crippen LogP contribution in [0.2, 0.25) is 0 Å². The molecular formula is C11H13FO4. The summed E-state index contributed by atoms with van der Waals surface area (Å²) < 4.78 is 17.9. The van der Waals surface area contributed by atoms with Gasteiger partial charge in [0.2, 0.25) is 0 Å². The Morgan fingerprint density at radius 3 is 2.75 bits per heavy atom. The SMILES string of the molecule is CCOC(=O)C(O)c1c(F)ccc(C)c1O. The summed E-state index contributed by atoms with van der Waals surface area (Å²) in [5.74, 6) is -2.26. The molecule has 0 spiro atoms. The Morgan fingerprint density at radius 2 is 2.19 bits per heavy atom. The van der Waals surface area contributed by atoms with Gasteiger partial charge in [0.25, 0.3) is 0 Å². The summed E-state index contributed by atoms with van der Waals surface area (Å²) in [6, 6.07) is 2.43. The third kappa shape index (κ3) is 2.30. The van der Waals surface area contributed by atoms with E-state index in [2.05, 4.69) is 4.74 Å². The van der Waals surface area contributed by atoms with Crippen LogP contribution in [0.5, 0.6) is 5.75 Å². The first-order chi connectivity index (χ1) is 7.49. The van der Waals surface area contributed by atoms with Gasteiger partial charge in [-0.25, -0.2) is 9.18 Å². The molecule has 0 heterocycles. The molecule has 0 fully saturated rings. The molecule has 0 aromatic heterocycles. The average molecular weight is 228 g/mol. The molecule has 1 unspecified atom stereocenters. The molecular weight excluding hydrogens is 215 g/mol. The zero-order valence-corrected chi connectivity index (χ0v) is 9.03. The molecule has 0 saturated heterocycles. The van der Waals surface area contributed by atoms with E-state index in [0.717, 1.165) is 6.07 Å². The number of ether oxygens (including phenoxy) is 1. The van der Waals surface area contributed by atoms with Crippen molar-refractivity contribution >= 4 is 5.97 Å². The molecule has 1 aromatic carbocycles. The smallest absolute Gasteiger partial charge is 0.339 e. The number of benzene rings is 1. The number of aliphatic hydroxyl groups is 1. The molecule has 0 bridgehead atoms. The van der Waals surface area contributed by atoms with E-state index in [0.29, 0.717) is 5.56 Å². The standard InChI is InChI=1S/C11H13FO4/c1-3-16-11(15)10(14)8-7(12)5-4-6(2)9(8)13/h4-5,10,13-14H,3H2,1-2H3. The summed E-state index contributed by atoms with van der Waals surface area (Å²) in [6.45, 7) is 3.18. The maximum Gasteiger partial charge on any atom is 0.339 e. The zero-order valence-electron chi connectivity index (χ0n) is 9.03. The van der Waals surface area contributed by atoms with Gasteiger partial charge in [0.05, 0.1) is 12.2 Å². The van der Waals surface area contributed by atoms with Crippen LogP contribution in [0.1, 0.15) is 24.2 Å². The maximum atomic E-state index is 13.4. The number of phenols is 1. The molecule has 0 radical (unpaired) electrons. The second-order valence-corrected chi connectivity index (χ2v) is 3.28. The Labute approximate surface area is 92.3 Å². The third-order valence-electron chi connectivity index (χ3n) is 2.15. The summed E-state index contributed by atoms with van der Waals surface area (Å²) >= 11 is 0. The molecule has 0 amide bonds. The van der Waals surface area contributed by atoms with E-state index in [9.17, 15) is 19.4 Å². The number of hydrogen-bond acceptors (Lipinski definition) is 4. The molecule has 1 rings (SSSR count).